The van der Waals surface area contributed by atoms with Gasteiger partial charge < -0.3 is 12.4 Å². The van der Waals surface area contributed by atoms with Gasteiger partial charge in [0.05, 0.1) is 5.39 Å². The molecule has 0 aliphatic heterocycles. The SMILES string of the molecule is Cl.Cl.Cl.[Cl-].c1ccc(-[n+]2cc3ccccc3c3ccccc32)cc1. The number of hydrogen-bond donors (Lipinski definition) is 0. The molecule has 0 radical (unpaired) electrons. The summed E-state index contributed by atoms with van der Waals surface area (Å²) in [5, 5.41) is 3.85. The summed E-state index contributed by atoms with van der Waals surface area (Å²) in [5.74, 6) is 0. The highest BCUT2D eigenvalue weighted by atomic mass is 35.5. The lowest BCUT2D eigenvalue weighted by atomic mass is 10.1. The first-order valence-electron chi connectivity index (χ1n) is 6.81. The molecule has 24 heavy (non-hydrogen) atoms. The van der Waals surface area contributed by atoms with Crippen LogP contribution in [-0.4, -0.2) is 0 Å². The zero-order chi connectivity index (χ0) is 13.4. The summed E-state index contributed by atoms with van der Waals surface area (Å²) in [6, 6.07) is 27.6. The molecule has 0 fully saturated rings. The first-order chi connectivity index (χ1) is 9.93. The van der Waals surface area contributed by atoms with Crippen LogP contribution in [0.3, 0.4) is 0 Å². The minimum atomic E-state index is 0. The quantitative estimate of drug-likeness (QED) is 0.341. The number of para-hydroxylation sites is 2. The smallest absolute Gasteiger partial charge is 0.219 e. The highest BCUT2D eigenvalue weighted by Gasteiger charge is 2.14. The lowest BCUT2D eigenvalue weighted by Gasteiger charge is -2.04. The van der Waals surface area contributed by atoms with Gasteiger partial charge in [0.25, 0.3) is 0 Å². The fraction of sp³-hybridized carbons (Fsp3) is 0. The Morgan fingerprint density at radius 2 is 1.08 bits per heavy atom. The van der Waals surface area contributed by atoms with Crippen molar-refractivity contribution in [1.82, 2.24) is 0 Å². The van der Waals surface area contributed by atoms with Gasteiger partial charge in [-0.05, 0) is 12.1 Å². The van der Waals surface area contributed by atoms with Crippen molar-refractivity contribution in [1.29, 1.82) is 0 Å². The second-order valence-electron chi connectivity index (χ2n) is 4.94. The van der Waals surface area contributed by atoms with Crippen LogP contribution in [0.15, 0.2) is 85.1 Å². The van der Waals surface area contributed by atoms with Crippen molar-refractivity contribution in [3.63, 3.8) is 0 Å². The predicted octanol–water partition coefficient (Wildman–Crippen LogP) is 2.54. The van der Waals surface area contributed by atoms with Crippen LogP contribution in [0.2, 0.25) is 0 Å². The zero-order valence-electron chi connectivity index (χ0n) is 12.6. The van der Waals surface area contributed by atoms with Crippen LogP contribution in [0, 0.1) is 0 Å². The Bertz CT molecular complexity index is 910. The van der Waals surface area contributed by atoms with E-state index in [4.69, 9.17) is 0 Å². The third kappa shape index (κ3) is 3.93. The van der Waals surface area contributed by atoms with Gasteiger partial charge in [-0.15, -0.1) is 37.2 Å². The molecule has 1 aromatic heterocycles. The van der Waals surface area contributed by atoms with Gasteiger partial charge >= 0.3 is 0 Å². The van der Waals surface area contributed by atoms with Gasteiger partial charge in [0.2, 0.25) is 11.2 Å². The molecule has 0 aliphatic rings. The summed E-state index contributed by atoms with van der Waals surface area (Å²) in [4.78, 5) is 0. The van der Waals surface area contributed by atoms with Gasteiger partial charge in [0.1, 0.15) is 0 Å². The first-order valence-corrected chi connectivity index (χ1v) is 6.81. The molecule has 0 bridgehead atoms. The predicted molar refractivity (Wildman–Crippen MR) is 105 cm³/mol. The summed E-state index contributed by atoms with van der Waals surface area (Å²) in [6.07, 6.45) is 2.22. The number of hydrogen-bond acceptors (Lipinski definition) is 0. The number of halogens is 4. The summed E-state index contributed by atoms with van der Waals surface area (Å²) >= 11 is 0. The molecule has 4 aromatic rings. The van der Waals surface area contributed by atoms with E-state index in [9.17, 15) is 0 Å². The second kappa shape index (κ2) is 9.71. The molecule has 0 amide bonds. The largest absolute Gasteiger partial charge is 1.00 e. The molecule has 4 rings (SSSR count). The van der Waals surface area contributed by atoms with E-state index in [1.807, 2.05) is 6.07 Å². The van der Waals surface area contributed by atoms with Crippen molar-refractivity contribution in [3.05, 3.63) is 85.1 Å². The van der Waals surface area contributed by atoms with Crippen LogP contribution in [0.5, 0.6) is 0 Å². The van der Waals surface area contributed by atoms with Gasteiger partial charge in [-0.2, -0.15) is 4.57 Å². The van der Waals surface area contributed by atoms with Crippen LogP contribution >= 0.6 is 37.2 Å². The molecule has 0 saturated carbocycles. The third-order valence-electron chi connectivity index (χ3n) is 3.72. The van der Waals surface area contributed by atoms with Crippen molar-refractivity contribution < 1.29 is 17.0 Å². The monoisotopic (exact) mass is 399 g/mol. The molecule has 5 heteroatoms. The summed E-state index contributed by atoms with van der Waals surface area (Å²) in [6.45, 7) is 0. The molecule has 0 unspecified atom stereocenters. The maximum absolute atomic E-state index is 2.26. The molecule has 1 heterocycles. The number of rotatable bonds is 1. The van der Waals surface area contributed by atoms with E-state index in [0.29, 0.717) is 0 Å². The molecular formula is C19H17Cl4N. The molecule has 0 N–H and O–H groups in total. The lowest BCUT2D eigenvalue weighted by Crippen LogP contribution is -3.00. The van der Waals surface area contributed by atoms with E-state index in [0.717, 1.165) is 0 Å². The lowest BCUT2D eigenvalue weighted by molar-refractivity contribution is -0.565. The van der Waals surface area contributed by atoms with E-state index in [1.165, 1.54) is 27.4 Å². The number of pyridine rings is 1. The Kier molecular flexibility index (Phi) is 9.09. The van der Waals surface area contributed by atoms with Crippen LogP contribution in [0.1, 0.15) is 0 Å². The molecule has 0 aliphatic carbocycles. The maximum Gasteiger partial charge on any atom is 0.219 e. The second-order valence-corrected chi connectivity index (χ2v) is 4.94. The average molecular weight is 401 g/mol. The topological polar surface area (TPSA) is 3.88 Å². The Hall–Kier alpha value is -1.51. The van der Waals surface area contributed by atoms with E-state index in [1.54, 1.807) is 0 Å². The Morgan fingerprint density at radius 1 is 0.542 bits per heavy atom. The van der Waals surface area contributed by atoms with Crippen molar-refractivity contribution in [2.45, 2.75) is 0 Å². The Balaban J connectivity index is 0.00000132. The maximum atomic E-state index is 2.26. The number of fused-ring (bicyclic) bond motifs is 3. The van der Waals surface area contributed by atoms with E-state index >= 15 is 0 Å². The van der Waals surface area contributed by atoms with Crippen LogP contribution < -0.4 is 17.0 Å². The minimum absolute atomic E-state index is 0. The summed E-state index contributed by atoms with van der Waals surface area (Å²) < 4.78 is 2.26. The average Bonchev–Trinajstić information content (AvgIpc) is 2.55. The fourth-order valence-electron chi connectivity index (χ4n) is 2.78. The van der Waals surface area contributed by atoms with Crippen molar-refractivity contribution in [2.24, 2.45) is 0 Å². The molecule has 0 spiro atoms. The number of benzene rings is 3. The van der Waals surface area contributed by atoms with E-state index < -0.39 is 0 Å². The first kappa shape index (κ1) is 22.5. The van der Waals surface area contributed by atoms with Crippen molar-refractivity contribution in [3.8, 4) is 5.69 Å². The van der Waals surface area contributed by atoms with Gasteiger partial charge in [-0.25, -0.2) is 0 Å². The molecular weight excluding hydrogens is 384 g/mol. The molecule has 126 valence electrons. The van der Waals surface area contributed by atoms with Crippen LogP contribution in [-0.2, 0) is 0 Å². The van der Waals surface area contributed by atoms with Gasteiger partial charge in [-0.1, -0.05) is 48.5 Å². The van der Waals surface area contributed by atoms with Crippen LogP contribution in [0.25, 0.3) is 27.4 Å². The standard InChI is InChI=1S/C19H14N.4ClH/c1-2-9-16(10-3-1)20-14-15-8-4-5-11-17(15)18-12-6-7-13-19(18)20;;;;/h1-14H;4*1H/q+1;;;;/p-1. The van der Waals surface area contributed by atoms with Gasteiger partial charge in [-0.3, -0.25) is 0 Å². The molecule has 0 atom stereocenters. The Labute approximate surface area is 166 Å². The Morgan fingerprint density at radius 3 is 1.79 bits per heavy atom. The molecule has 0 saturated heterocycles. The van der Waals surface area contributed by atoms with Gasteiger partial charge in [0.15, 0.2) is 6.20 Å². The summed E-state index contributed by atoms with van der Waals surface area (Å²) in [5.41, 5.74) is 2.42. The van der Waals surface area contributed by atoms with E-state index in [2.05, 4.69) is 83.6 Å². The van der Waals surface area contributed by atoms with Gasteiger partial charge in [0, 0.05) is 29.0 Å². The number of aromatic nitrogens is 1. The normalized spacial score (nSPS) is 9.17. The fourth-order valence-corrected chi connectivity index (χ4v) is 2.78. The highest BCUT2D eigenvalue weighted by Crippen LogP contribution is 2.22. The van der Waals surface area contributed by atoms with Crippen molar-refractivity contribution in [2.75, 3.05) is 0 Å². The van der Waals surface area contributed by atoms with E-state index in [-0.39, 0.29) is 49.6 Å². The summed E-state index contributed by atoms with van der Waals surface area (Å²) in [7, 11) is 0. The van der Waals surface area contributed by atoms with Crippen molar-refractivity contribution >= 4 is 58.9 Å². The zero-order valence-corrected chi connectivity index (χ0v) is 15.8. The minimum Gasteiger partial charge on any atom is -1.00 e. The molecule has 1 nitrogen and oxygen atoms in total. The third-order valence-corrected chi connectivity index (χ3v) is 3.72. The highest BCUT2D eigenvalue weighted by molar-refractivity contribution is 6.03. The molecule has 3 aromatic carbocycles. The number of nitrogens with zero attached hydrogens (tertiary/aromatic N) is 1. The van der Waals surface area contributed by atoms with Crippen LogP contribution in [0.4, 0.5) is 0 Å².